The highest BCUT2D eigenvalue weighted by Gasteiger charge is 2.20. The minimum Gasteiger partial charge on any atom is -0.225 e. The maximum absolute atomic E-state index is 12.9. The number of nitrogens with two attached hydrogens (primary N) is 1. The molecule has 0 fully saturated rings. The van der Waals surface area contributed by atoms with Crippen LogP contribution in [-0.2, 0) is 20.0 Å². The molecule has 2 aromatic rings. The number of rotatable bonds is 5. The molecule has 6 nitrogen and oxygen atoms in total. The van der Waals surface area contributed by atoms with Crippen molar-refractivity contribution < 1.29 is 21.2 Å². The second-order valence-corrected chi connectivity index (χ2v) is 8.19. The molecule has 0 radical (unpaired) electrons. The van der Waals surface area contributed by atoms with Crippen LogP contribution in [0.4, 0.5) is 4.39 Å². The van der Waals surface area contributed by atoms with E-state index in [-0.39, 0.29) is 9.79 Å². The number of primary sulfonamides is 1. The second kappa shape index (κ2) is 6.36. The zero-order chi connectivity index (χ0) is 17.3. The standard InChI is InChI=1S/C14H15FN2O4S2/c1-10(11-5-7-12(15)8-6-11)17-23(20,21)14-4-2-3-13(9-14)22(16,18)19/h2-10,17H,1H3,(H2,16,18,19). The average molecular weight is 358 g/mol. The Morgan fingerprint density at radius 3 is 2.13 bits per heavy atom. The highest BCUT2D eigenvalue weighted by Crippen LogP contribution is 2.19. The van der Waals surface area contributed by atoms with Gasteiger partial charge in [-0.15, -0.1) is 0 Å². The molecule has 0 bridgehead atoms. The van der Waals surface area contributed by atoms with Gasteiger partial charge >= 0.3 is 0 Å². The summed E-state index contributed by atoms with van der Waals surface area (Å²) in [5.41, 5.74) is 0.567. The van der Waals surface area contributed by atoms with E-state index in [1.165, 1.54) is 42.5 Å². The molecular weight excluding hydrogens is 343 g/mol. The van der Waals surface area contributed by atoms with Crippen LogP contribution >= 0.6 is 0 Å². The highest BCUT2D eigenvalue weighted by molar-refractivity contribution is 7.90. The van der Waals surface area contributed by atoms with Crippen LogP contribution in [0.15, 0.2) is 58.3 Å². The molecule has 124 valence electrons. The Kier molecular flexibility index (Phi) is 4.85. The summed E-state index contributed by atoms with van der Waals surface area (Å²) in [5.74, 6) is -0.426. The molecule has 1 unspecified atom stereocenters. The molecule has 0 spiro atoms. The molecule has 9 heteroatoms. The van der Waals surface area contributed by atoms with E-state index in [4.69, 9.17) is 5.14 Å². The van der Waals surface area contributed by atoms with Gasteiger partial charge in [0.05, 0.1) is 9.79 Å². The van der Waals surface area contributed by atoms with Crippen LogP contribution in [0.3, 0.4) is 0 Å². The van der Waals surface area contributed by atoms with Gasteiger partial charge in [-0.2, -0.15) is 0 Å². The SMILES string of the molecule is CC(NS(=O)(=O)c1cccc(S(N)(=O)=O)c1)c1ccc(F)cc1. The van der Waals surface area contributed by atoms with Crippen molar-refractivity contribution in [2.45, 2.75) is 22.8 Å². The van der Waals surface area contributed by atoms with E-state index in [0.717, 1.165) is 6.07 Å². The first-order valence-electron chi connectivity index (χ1n) is 6.50. The number of hydrogen-bond acceptors (Lipinski definition) is 4. The lowest BCUT2D eigenvalue weighted by Gasteiger charge is -2.15. The van der Waals surface area contributed by atoms with Gasteiger partial charge in [-0.05, 0) is 42.8 Å². The fourth-order valence-corrected chi connectivity index (χ4v) is 3.85. The number of nitrogens with one attached hydrogen (secondary N) is 1. The van der Waals surface area contributed by atoms with Crippen molar-refractivity contribution in [2.75, 3.05) is 0 Å². The zero-order valence-corrected chi connectivity index (χ0v) is 13.7. The average Bonchev–Trinajstić information content (AvgIpc) is 2.46. The van der Waals surface area contributed by atoms with Crippen molar-refractivity contribution in [1.82, 2.24) is 4.72 Å². The van der Waals surface area contributed by atoms with E-state index in [1.807, 2.05) is 0 Å². The molecule has 0 saturated heterocycles. The molecule has 2 aromatic carbocycles. The van der Waals surface area contributed by atoms with Gasteiger partial charge in [0.1, 0.15) is 5.82 Å². The summed E-state index contributed by atoms with van der Waals surface area (Å²) in [6, 6.07) is 9.48. The summed E-state index contributed by atoms with van der Waals surface area (Å²) in [4.78, 5) is -0.521. The summed E-state index contributed by atoms with van der Waals surface area (Å²) in [6.45, 7) is 1.59. The second-order valence-electron chi connectivity index (χ2n) is 4.91. The lowest BCUT2D eigenvalue weighted by atomic mass is 10.1. The summed E-state index contributed by atoms with van der Waals surface area (Å²) in [7, 11) is -7.97. The molecule has 3 N–H and O–H groups in total. The van der Waals surface area contributed by atoms with E-state index < -0.39 is 31.9 Å². The highest BCUT2D eigenvalue weighted by atomic mass is 32.2. The summed E-state index contributed by atoms with van der Waals surface area (Å²) in [6.07, 6.45) is 0. The Bertz CT molecular complexity index is 910. The maximum Gasteiger partial charge on any atom is 0.241 e. The predicted octanol–water partition coefficient (Wildman–Crippen LogP) is 1.51. The van der Waals surface area contributed by atoms with E-state index in [1.54, 1.807) is 6.92 Å². The van der Waals surface area contributed by atoms with Gasteiger partial charge in [0, 0.05) is 6.04 Å². The van der Waals surface area contributed by atoms with Crippen molar-refractivity contribution in [3.63, 3.8) is 0 Å². The maximum atomic E-state index is 12.9. The van der Waals surface area contributed by atoms with E-state index >= 15 is 0 Å². The Balaban J connectivity index is 2.30. The van der Waals surface area contributed by atoms with Crippen molar-refractivity contribution in [3.8, 4) is 0 Å². The Morgan fingerprint density at radius 2 is 1.57 bits per heavy atom. The first-order valence-corrected chi connectivity index (χ1v) is 9.53. The van der Waals surface area contributed by atoms with Crippen LogP contribution in [0.2, 0.25) is 0 Å². The van der Waals surface area contributed by atoms with Crippen LogP contribution < -0.4 is 9.86 Å². The lowest BCUT2D eigenvalue weighted by molar-refractivity contribution is 0.566. The lowest BCUT2D eigenvalue weighted by Crippen LogP contribution is -2.27. The van der Waals surface area contributed by atoms with Crippen LogP contribution in [0, 0.1) is 5.82 Å². The van der Waals surface area contributed by atoms with E-state index in [2.05, 4.69) is 4.72 Å². The first-order chi connectivity index (χ1) is 10.6. The molecule has 0 heterocycles. The van der Waals surface area contributed by atoms with Gasteiger partial charge in [-0.3, -0.25) is 0 Å². The first kappa shape index (κ1) is 17.5. The van der Waals surface area contributed by atoms with Crippen molar-refractivity contribution in [3.05, 3.63) is 59.9 Å². The topological polar surface area (TPSA) is 106 Å². The van der Waals surface area contributed by atoms with Crippen molar-refractivity contribution in [1.29, 1.82) is 0 Å². The molecule has 0 aliphatic rings. The Hall–Kier alpha value is -1.81. The van der Waals surface area contributed by atoms with Gasteiger partial charge < -0.3 is 0 Å². The van der Waals surface area contributed by atoms with Gasteiger partial charge in [0.25, 0.3) is 0 Å². The Labute approximate surface area is 134 Å². The minimum atomic E-state index is -4.00. The molecule has 0 saturated carbocycles. The quantitative estimate of drug-likeness (QED) is 0.845. The summed E-state index contributed by atoms with van der Waals surface area (Å²) in [5, 5.41) is 5.00. The van der Waals surface area contributed by atoms with Crippen LogP contribution in [0.5, 0.6) is 0 Å². The normalized spacial score (nSPS) is 13.7. The molecule has 23 heavy (non-hydrogen) atoms. The van der Waals surface area contributed by atoms with Gasteiger partial charge in [-0.1, -0.05) is 18.2 Å². The third kappa shape index (κ3) is 4.35. The van der Waals surface area contributed by atoms with Gasteiger partial charge in [-0.25, -0.2) is 31.1 Å². The molecule has 1 atom stereocenters. The van der Waals surface area contributed by atoms with E-state index in [9.17, 15) is 21.2 Å². The minimum absolute atomic E-state index is 0.224. The summed E-state index contributed by atoms with van der Waals surface area (Å²) >= 11 is 0. The molecule has 0 aromatic heterocycles. The molecule has 0 aliphatic carbocycles. The van der Waals surface area contributed by atoms with E-state index in [0.29, 0.717) is 5.56 Å². The number of sulfonamides is 2. The third-order valence-electron chi connectivity index (χ3n) is 3.15. The molecular formula is C14H15FN2O4S2. The van der Waals surface area contributed by atoms with Crippen LogP contribution in [0.1, 0.15) is 18.5 Å². The number of hydrogen-bond donors (Lipinski definition) is 2. The fraction of sp³-hybridized carbons (Fsp3) is 0.143. The zero-order valence-electron chi connectivity index (χ0n) is 12.1. The van der Waals surface area contributed by atoms with Crippen LogP contribution in [-0.4, -0.2) is 16.8 Å². The smallest absolute Gasteiger partial charge is 0.225 e. The largest absolute Gasteiger partial charge is 0.241 e. The third-order valence-corrected chi connectivity index (χ3v) is 5.60. The molecule has 0 aliphatic heterocycles. The van der Waals surface area contributed by atoms with Crippen molar-refractivity contribution >= 4 is 20.0 Å². The monoisotopic (exact) mass is 358 g/mol. The molecule has 0 amide bonds. The number of benzene rings is 2. The fourth-order valence-electron chi connectivity index (χ4n) is 1.94. The number of halogens is 1. The van der Waals surface area contributed by atoms with Crippen LogP contribution in [0.25, 0.3) is 0 Å². The van der Waals surface area contributed by atoms with Gasteiger partial charge in [0.15, 0.2) is 0 Å². The van der Waals surface area contributed by atoms with Crippen molar-refractivity contribution in [2.24, 2.45) is 5.14 Å². The molecule has 2 rings (SSSR count). The Morgan fingerprint density at radius 1 is 1.00 bits per heavy atom. The predicted molar refractivity (Wildman–Crippen MR) is 83.0 cm³/mol. The van der Waals surface area contributed by atoms with Gasteiger partial charge in [0.2, 0.25) is 20.0 Å². The summed E-state index contributed by atoms with van der Waals surface area (Å²) < 4.78 is 62.6.